The van der Waals surface area contributed by atoms with Crippen LogP contribution in [0.3, 0.4) is 0 Å². The zero-order valence-corrected chi connectivity index (χ0v) is 17.4. The minimum Gasteiger partial charge on any atom is -0.497 e. The van der Waals surface area contributed by atoms with Gasteiger partial charge in [-0.15, -0.1) is 0 Å². The number of hydrogen-bond donors (Lipinski definition) is 3. The Balaban J connectivity index is 1.99. The number of aromatic nitrogens is 2. The number of aliphatic hydroxyl groups excluding tert-OH is 1. The normalized spacial score (nSPS) is 12.6. The van der Waals surface area contributed by atoms with E-state index < -0.39 is 12.0 Å². The number of nitrogens with one attached hydrogen (secondary N) is 2. The summed E-state index contributed by atoms with van der Waals surface area (Å²) in [5.74, 6) is 0.758. The molecule has 0 fully saturated rings. The van der Waals surface area contributed by atoms with Crippen LogP contribution < -0.4 is 20.1 Å². The second-order valence-corrected chi connectivity index (χ2v) is 6.14. The van der Waals surface area contributed by atoms with E-state index >= 15 is 0 Å². The van der Waals surface area contributed by atoms with E-state index in [1.165, 1.54) is 32.6 Å². The molecule has 0 aliphatic carbocycles. The van der Waals surface area contributed by atoms with Crippen LogP contribution in [0.2, 0.25) is 0 Å². The van der Waals surface area contributed by atoms with Gasteiger partial charge in [-0.3, -0.25) is 9.59 Å². The Kier molecular flexibility index (Phi) is 8.93. The molecule has 1 aromatic carbocycles. The molecule has 3 N–H and O–H groups in total. The average Bonchev–Trinajstić information content (AvgIpc) is 2.76. The Morgan fingerprint density at radius 2 is 1.94 bits per heavy atom. The number of aliphatic hydroxyl groups is 1. The first-order chi connectivity index (χ1) is 14.9. The molecule has 2 aromatic rings. The molecule has 1 heterocycles. The van der Waals surface area contributed by atoms with Gasteiger partial charge in [0, 0.05) is 19.2 Å². The summed E-state index contributed by atoms with van der Waals surface area (Å²) in [6.07, 6.45) is 7.93. The fraction of sp³-hybridized carbons (Fsp3) is 0.182. The third-order valence-electron chi connectivity index (χ3n) is 3.76. The SMILES string of the molecule is C\C=C/C(=C\C=C\NC(=O)C(O)c1ccc(OC)cc1)Oc1cc(NC(C)=O)ncn1. The number of methoxy groups -OCH3 is 1. The molecule has 1 unspecified atom stereocenters. The van der Waals surface area contributed by atoms with Crippen LogP contribution in [0.5, 0.6) is 11.6 Å². The average molecular weight is 424 g/mol. The van der Waals surface area contributed by atoms with Crippen molar-refractivity contribution in [2.45, 2.75) is 20.0 Å². The Hall–Kier alpha value is -3.98. The van der Waals surface area contributed by atoms with Crippen molar-refractivity contribution in [2.24, 2.45) is 0 Å². The summed E-state index contributed by atoms with van der Waals surface area (Å²) in [5, 5.41) is 15.2. The highest BCUT2D eigenvalue weighted by Crippen LogP contribution is 2.18. The zero-order chi connectivity index (χ0) is 22.6. The van der Waals surface area contributed by atoms with Gasteiger partial charge in [0.1, 0.15) is 23.7 Å². The number of nitrogens with zero attached hydrogens (tertiary/aromatic N) is 2. The largest absolute Gasteiger partial charge is 0.497 e. The van der Waals surface area contributed by atoms with Crippen LogP contribution in [0, 0.1) is 0 Å². The quantitative estimate of drug-likeness (QED) is 0.418. The first kappa shape index (κ1) is 23.3. The minimum atomic E-state index is -1.32. The van der Waals surface area contributed by atoms with Crippen LogP contribution in [0.25, 0.3) is 0 Å². The van der Waals surface area contributed by atoms with E-state index in [9.17, 15) is 14.7 Å². The topological polar surface area (TPSA) is 123 Å². The van der Waals surface area contributed by atoms with Crippen LogP contribution in [-0.4, -0.2) is 34.0 Å². The van der Waals surface area contributed by atoms with Crippen LogP contribution in [0.15, 0.2) is 72.9 Å². The molecule has 1 aromatic heterocycles. The first-order valence-electron chi connectivity index (χ1n) is 9.32. The van der Waals surface area contributed by atoms with Crippen molar-refractivity contribution in [2.75, 3.05) is 12.4 Å². The maximum absolute atomic E-state index is 12.1. The number of amides is 2. The fourth-order valence-corrected chi connectivity index (χ4v) is 2.34. The zero-order valence-electron chi connectivity index (χ0n) is 17.4. The fourth-order valence-electron chi connectivity index (χ4n) is 2.34. The van der Waals surface area contributed by atoms with Crippen molar-refractivity contribution in [1.29, 1.82) is 0 Å². The van der Waals surface area contributed by atoms with Crippen molar-refractivity contribution >= 4 is 17.6 Å². The number of rotatable bonds is 9. The summed E-state index contributed by atoms with van der Waals surface area (Å²) in [6, 6.07) is 8.03. The monoisotopic (exact) mass is 424 g/mol. The highest BCUT2D eigenvalue weighted by molar-refractivity contribution is 5.87. The van der Waals surface area contributed by atoms with Gasteiger partial charge in [-0.05, 0) is 42.8 Å². The number of hydrogen-bond acceptors (Lipinski definition) is 7. The summed E-state index contributed by atoms with van der Waals surface area (Å²) in [7, 11) is 1.54. The predicted molar refractivity (Wildman–Crippen MR) is 115 cm³/mol. The van der Waals surface area contributed by atoms with Crippen molar-refractivity contribution in [3.05, 3.63) is 78.5 Å². The van der Waals surface area contributed by atoms with Crippen molar-refractivity contribution < 1.29 is 24.2 Å². The lowest BCUT2D eigenvalue weighted by molar-refractivity contribution is -0.128. The molecule has 0 saturated carbocycles. The Bertz CT molecular complexity index is 984. The maximum atomic E-state index is 12.1. The van der Waals surface area contributed by atoms with Gasteiger partial charge in [-0.25, -0.2) is 9.97 Å². The summed E-state index contributed by atoms with van der Waals surface area (Å²) in [5.41, 5.74) is 0.443. The number of benzene rings is 1. The van der Waals surface area contributed by atoms with E-state index in [2.05, 4.69) is 20.6 Å². The number of anilines is 1. The van der Waals surface area contributed by atoms with Gasteiger partial charge in [0.2, 0.25) is 11.8 Å². The van der Waals surface area contributed by atoms with Crippen LogP contribution in [0.1, 0.15) is 25.5 Å². The second-order valence-electron chi connectivity index (χ2n) is 6.14. The van der Waals surface area contributed by atoms with E-state index in [1.807, 2.05) is 6.92 Å². The van der Waals surface area contributed by atoms with Gasteiger partial charge in [0.25, 0.3) is 5.91 Å². The third-order valence-corrected chi connectivity index (χ3v) is 3.76. The summed E-state index contributed by atoms with van der Waals surface area (Å²) in [4.78, 5) is 31.2. The van der Waals surface area contributed by atoms with Crippen LogP contribution in [0.4, 0.5) is 5.82 Å². The van der Waals surface area contributed by atoms with E-state index in [-0.39, 0.29) is 11.8 Å². The third kappa shape index (κ3) is 7.75. The highest BCUT2D eigenvalue weighted by Gasteiger charge is 2.15. The molecule has 2 amide bonds. The summed E-state index contributed by atoms with van der Waals surface area (Å²) >= 11 is 0. The van der Waals surface area contributed by atoms with Crippen LogP contribution in [-0.2, 0) is 9.59 Å². The lowest BCUT2D eigenvalue weighted by atomic mass is 10.1. The Morgan fingerprint density at radius 3 is 2.58 bits per heavy atom. The van der Waals surface area contributed by atoms with E-state index in [1.54, 1.807) is 48.6 Å². The summed E-state index contributed by atoms with van der Waals surface area (Å²) < 4.78 is 10.7. The second kappa shape index (κ2) is 11.9. The molecule has 9 nitrogen and oxygen atoms in total. The number of carbonyl (C=O) groups is 2. The summed E-state index contributed by atoms with van der Waals surface area (Å²) in [6.45, 7) is 3.19. The number of allylic oxidation sites excluding steroid dienone is 4. The van der Waals surface area contributed by atoms with Gasteiger partial charge in [0.05, 0.1) is 7.11 Å². The lowest BCUT2D eigenvalue weighted by Gasteiger charge is -2.10. The molecule has 1 atom stereocenters. The molecule has 0 spiro atoms. The Morgan fingerprint density at radius 1 is 1.19 bits per heavy atom. The number of carbonyl (C=O) groups excluding carboxylic acids is 2. The standard InChI is InChI=1S/C22H24N4O5/c1-4-6-18(31-20-13-19(24-14-25-20)26-15(2)27)7-5-12-23-22(29)21(28)16-8-10-17(30-3)11-9-16/h4-14,21,28H,1-3H3,(H,23,29)(H,24,25,26,27)/b6-4-,12-5+,18-7+. The first-order valence-corrected chi connectivity index (χ1v) is 9.32. The Labute approximate surface area is 180 Å². The van der Waals surface area contributed by atoms with Gasteiger partial charge in [-0.2, -0.15) is 0 Å². The molecule has 9 heteroatoms. The van der Waals surface area contributed by atoms with Gasteiger partial charge in [-0.1, -0.05) is 18.2 Å². The highest BCUT2D eigenvalue weighted by atomic mass is 16.5. The smallest absolute Gasteiger partial charge is 0.257 e. The lowest BCUT2D eigenvalue weighted by Crippen LogP contribution is -2.24. The maximum Gasteiger partial charge on any atom is 0.257 e. The van der Waals surface area contributed by atoms with E-state index in [0.29, 0.717) is 22.9 Å². The van der Waals surface area contributed by atoms with Gasteiger partial charge < -0.3 is 25.2 Å². The minimum absolute atomic E-state index is 0.232. The number of ether oxygens (including phenoxy) is 2. The molecule has 31 heavy (non-hydrogen) atoms. The molecular weight excluding hydrogens is 400 g/mol. The van der Waals surface area contributed by atoms with Crippen LogP contribution >= 0.6 is 0 Å². The molecule has 162 valence electrons. The van der Waals surface area contributed by atoms with Gasteiger partial charge >= 0.3 is 0 Å². The van der Waals surface area contributed by atoms with Gasteiger partial charge in [0.15, 0.2) is 6.10 Å². The molecule has 0 saturated heterocycles. The van der Waals surface area contributed by atoms with E-state index in [0.717, 1.165) is 0 Å². The molecule has 0 bridgehead atoms. The molecule has 0 aliphatic heterocycles. The molecule has 0 radical (unpaired) electrons. The molecule has 0 aliphatic rings. The van der Waals surface area contributed by atoms with Crippen molar-refractivity contribution in [3.8, 4) is 11.6 Å². The van der Waals surface area contributed by atoms with Crippen molar-refractivity contribution in [1.82, 2.24) is 15.3 Å². The van der Waals surface area contributed by atoms with Crippen molar-refractivity contribution in [3.63, 3.8) is 0 Å². The molecule has 2 rings (SSSR count). The van der Waals surface area contributed by atoms with E-state index in [4.69, 9.17) is 9.47 Å². The predicted octanol–water partition coefficient (Wildman–Crippen LogP) is 2.65. The molecular formula is C22H24N4O5.